The fourth-order valence-electron chi connectivity index (χ4n) is 1.83. The summed E-state index contributed by atoms with van der Waals surface area (Å²) in [5, 5.41) is 0. The number of hydrogen-bond donors (Lipinski definition) is 1. The van der Waals surface area contributed by atoms with E-state index in [1.165, 1.54) is 37.2 Å². The van der Waals surface area contributed by atoms with Gasteiger partial charge in [-0.25, -0.2) is 0 Å². The largest absolute Gasteiger partial charge is 0.325 e. The molecule has 1 aliphatic heterocycles. The van der Waals surface area contributed by atoms with Crippen LogP contribution < -0.4 is 5.73 Å². The molecule has 2 N–H and O–H groups in total. The van der Waals surface area contributed by atoms with E-state index < -0.39 is 0 Å². The van der Waals surface area contributed by atoms with Crippen molar-refractivity contribution in [2.75, 3.05) is 11.5 Å². The van der Waals surface area contributed by atoms with Gasteiger partial charge in [0.25, 0.3) is 0 Å². The molecule has 0 aromatic rings. The Hall–Kier alpha value is 0.600. The maximum atomic E-state index is 6.11. The second-order valence-electron chi connectivity index (χ2n) is 3.62. The van der Waals surface area contributed by atoms with Crippen LogP contribution in [-0.2, 0) is 0 Å². The van der Waals surface area contributed by atoms with Crippen LogP contribution in [0.15, 0.2) is 0 Å². The Morgan fingerprint density at radius 3 is 2.18 bits per heavy atom. The van der Waals surface area contributed by atoms with Gasteiger partial charge in [0.15, 0.2) is 0 Å². The number of hydrogen-bond acceptors (Lipinski definition) is 2. The molecule has 2 rings (SSSR count). The molecule has 3 heteroatoms. The van der Waals surface area contributed by atoms with Crippen LogP contribution in [0.4, 0.5) is 0 Å². The molecule has 0 atom stereocenters. The molecule has 11 heavy (non-hydrogen) atoms. The molecule has 1 aliphatic carbocycles. The first-order valence-electron chi connectivity index (χ1n) is 4.18. The van der Waals surface area contributed by atoms with Crippen LogP contribution in [0.1, 0.15) is 25.7 Å². The van der Waals surface area contributed by atoms with Gasteiger partial charge >= 0.3 is 0 Å². The van der Waals surface area contributed by atoms with Crippen molar-refractivity contribution in [1.82, 2.24) is 0 Å². The van der Waals surface area contributed by atoms with E-state index in [0.29, 0.717) is 5.54 Å². The highest BCUT2D eigenvalue weighted by Gasteiger charge is 2.45. The average Bonchev–Trinajstić information content (AvgIpc) is 2.72. The van der Waals surface area contributed by atoms with Crippen molar-refractivity contribution in [2.45, 2.75) is 31.2 Å². The van der Waals surface area contributed by atoms with Crippen LogP contribution in [-0.4, -0.2) is 17.0 Å². The minimum absolute atomic E-state index is 0. The maximum absolute atomic E-state index is 6.11. The standard InChI is InChI=1S/C8H15NS.ClH/c9-8(3-4-8)7-1-5-10-6-2-7;/h7H,1-6,9H2;1H. The third kappa shape index (κ3) is 2.04. The fraction of sp³-hybridized carbons (Fsp3) is 1.00. The van der Waals surface area contributed by atoms with E-state index in [4.69, 9.17) is 5.73 Å². The summed E-state index contributed by atoms with van der Waals surface area (Å²) in [6, 6.07) is 0. The predicted molar refractivity (Wildman–Crippen MR) is 53.4 cm³/mol. The third-order valence-electron chi connectivity index (χ3n) is 2.86. The van der Waals surface area contributed by atoms with Gasteiger partial charge in [0.05, 0.1) is 0 Å². The molecule has 0 radical (unpaired) electrons. The minimum atomic E-state index is 0. The summed E-state index contributed by atoms with van der Waals surface area (Å²) in [7, 11) is 0. The van der Waals surface area contributed by atoms with Gasteiger partial charge in [-0.1, -0.05) is 0 Å². The molecule has 2 fully saturated rings. The highest BCUT2D eigenvalue weighted by molar-refractivity contribution is 7.99. The highest BCUT2D eigenvalue weighted by Crippen LogP contribution is 2.45. The number of nitrogens with two attached hydrogens (primary N) is 1. The number of halogens is 1. The first-order valence-corrected chi connectivity index (χ1v) is 5.33. The molecule has 1 heterocycles. The lowest BCUT2D eigenvalue weighted by Crippen LogP contribution is -2.34. The van der Waals surface area contributed by atoms with E-state index in [1.54, 1.807) is 0 Å². The normalized spacial score (nSPS) is 29.2. The lowest BCUT2D eigenvalue weighted by molar-refractivity contribution is 0.378. The van der Waals surface area contributed by atoms with E-state index in [2.05, 4.69) is 11.8 Å². The van der Waals surface area contributed by atoms with Crippen molar-refractivity contribution in [3.05, 3.63) is 0 Å². The van der Waals surface area contributed by atoms with E-state index in [9.17, 15) is 0 Å². The number of rotatable bonds is 1. The smallest absolute Gasteiger partial charge is 0.0184 e. The zero-order valence-corrected chi connectivity index (χ0v) is 8.35. The summed E-state index contributed by atoms with van der Waals surface area (Å²) in [5.74, 6) is 3.57. The van der Waals surface area contributed by atoms with Gasteiger partial charge in [-0.2, -0.15) is 11.8 Å². The summed E-state index contributed by atoms with van der Waals surface area (Å²) < 4.78 is 0. The van der Waals surface area contributed by atoms with Crippen molar-refractivity contribution in [3.8, 4) is 0 Å². The molecule has 0 unspecified atom stereocenters. The Morgan fingerprint density at radius 2 is 1.73 bits per heavy atom. The molecule has 0 aromatic heterocycles. The van der Waals surface area contributed by atoms with Crippen molar-refractivity contribution in [3.63, 3.8) is 0 Å². The molecular formula is C8H16ClNS. The number of thioether (sulfide) groups is 1. The Morgan fingerprint density at radius 1 is 1.18 bits per heavy atom. The van der Waals surface area contributed by atoms with Crippen LogP contribution >= 0.6 is 24.2 Å². The van der Waals surface area contributed by atoms with Crippen molar-refractivity contribution in [2.24, 2.45) is 11.7 Å². The topological polar surface area (TPSA) is 26.0 Å². The van der Waals surface area contributed by atoms with E-state index >= 15 is 0 Å². The Balaban J connectivity index is 0.000000605. The summed E-state index contributed by atoms with van der Waals surface area (Å²) in [6.45, 7) is 0. The summed E-state index contributed by atoms with van der Waals surface area (Å²) >= 11 is 2.09. The lowest BCUT2D eigenvalue weighted by Gasteiger charge is -2.26. The van der Waals surface area contributed by atoms with Crippen molar-refractivity contribution in [1.29, 1.82) is 0 Å². The molecule has 1 saturated carbocycles. The highest BCUT2D eigenvalue weighted by atomic mass is 35.5. The van der Waals surface area contributed by atoms with Gasteiger partial charge in [-0.15, -0.1) is 12.4 Å². The van der Waals surface area contributed by atoms with Gasteiger partial charge < -0.3 is 5.73 Å². The van der Waals surface area contributed by atoms with Gasteiger partial charge in [-0.05, 0) is 43.1 Å². The lowest BCUT2D eigenvalue weighted by atomic mass is 9.92. The van der Waals surface area contributed by atoms with Gasteiger partial charge in [0, 0.05) is 5.54 Å². The minimum Gasteiger partial charge on any atom is -0.325 e. The zero-order valence-electron chi connectivity index (χ0n) is 6.71. The Bertz CT molecular complexity index is 130. The molecule has 0 spiro atoms. The molecule has 2 aliphatic rings. The Kier molecular flexibility index (Phi) is 3.12. The first kappa shape index (κ1) is 9.69. The molecule has 66 valence electrons. The van der Waals surface area contributed by atoms with Crippen molar-refractivity contribution < 1.29 is 0 Å². The summed E-state index contributed by atoms with van der Waals surface area (Å²) in [6.07, 6.45) is 5.34. The SMILES string of the molecule is Cl.NC1(C2CCSCC2)CC1. The second-order valence-corrected chi connectivity index (χ2v) is 4.84. The van der Waals surface area contributed by atoms with Gasteiger partial charge in [0.1, 0.15) is 0 Å². The van der Waals surface area contributed by atoms with Gasteiger partial charge in [0.2, 0.25) is 0 Å². The first-order chi connectivity index (χ1) is 4.81. The van der Waals surface area contributed by atoms with Crippen LogP contribution in [0.2, 0.25) is 0 Å². The molecule has 1 saturated heterocycles. The van der Waals surface area contributed by atoms with Crippen molar-refractivity contribution >= 4 is 24.2 Å². The average molecular weight is 194 g/mol. The quantitative estimate of drug-likeness (QED) is 0.690. The molecule has 0 amide bonds. The molecular weight excluding hydrogens is 178 g/mol. The zero-order chi connectivity index (χ0) is 7.03. The van der Waals surface area contributed by atoms with E-state index in [1.807, 2.05) is 0 Å². The summed E-state index contributed by atoms with van der Waals surface area (Å²) in [4.78, 5) is 0. The van der Waals surface area contributed by atoms with Crippen LogP contribution in [0.25, 0.3) is 0 Å². The van der Waals surface area contributed by atoms with Gasteiger partial charge in [-0.3, -0.25) is 0 Å². The molecule has 0 aromatic carbocycles. The third-order valence-corrected chi connectivity index (χ3v) is 3.91. The summed E-state index contributed by atoms with van der Waals surface area (Å²) in [5.41, 5.74) is 6.42. The van der Waals surface area contributed by atoms with Crippen LogP contribution in [0, 0.1) is 5.92 Å². The fourth-order valence-corrected chi connectivity index (χ4v) is 2.93. The molecule has 0 bridgehead atoms. The monoisotopic (exact) mass is 193 g/mol. The Labute approximate surface area is 78.9 Å². The van der Waals surface area contributed by atoms with Crippen LogP contribution in [0.5, 0.6) is 0 Å². The molecule has 1 nitrogen and oxygen atoms in total. The second kappa shape index (κ2) is 3.55. The van der Waals surface area contributed by atoms with E-state index in [0.717, 1.165) is 5.92 Å². The van der Waals surface area contributed by atoms with Crippen LogP contribution in [0.3, 0.4) is 0 Å². The maximum Gasteiger partial charge on any atom is 0.0184 e. The van der Waals surface area contributed by atoms with E-state index in [-0.39, 0.29) is 12.4 Å². The predicted octanol–water partition coefficient (Wildman–Crippen LogP) is 2.04.